The molecule has 5 heteroatoms. The van der Waals surface area contributed by atoms with Crippen molar-refractivity contribution in [3.8, 4) is 0 Å². The minimum atomic E-state index is 0.484. The van der Waals surface area contributed by atoms with E-state index in [1.807, 2.05) is 12.1 Å². The van der Waals surface area contributed by atoms with Gasteiger partial charge in [0.25, 0.3) is 0 Å². The van der Waals surface area contributed by atoms with Gasteiger partial charge in [-0.3, -0.25) is 0 Å². The van der Waals surface area contributed by atoms with Crippen LogP contribution < -0.4 is 10.6 Å². The second kappa shape index (κ2) is 7.08. The molecule has 0 atom stereocenters. The summed E-state index contributed by atoms with van der Waals surface area (Å²) in [7, 11) is 0. The number of anilines is 3. The zero-order valence-corrected chi connectivity index (χ0v) is 14.2. The highest BCUT2D eigenvalue weighted by atomic mass is 15.3. The molecule has 0 unspecified atom stereocenters. The van der Waals surface area contributed by atoms with Gasteiger partial charge in [-0.25, -0.2) is 0 Å². The molecule has 0 aliphatic heterocycles. The van der Waals surface area contributed by atoms with E-state index in [2.05, 4.69) is 76.9 Å². The van der Waals surface area contributed by atoms with E-state index in [-0.39, 0.29) is 0 Å². The van der Waals surface area contributed by atoms with E-state index in [4.69, 9.17) is 0 Å². The van der Waals surface area contributed by atoms with Crippen LogP contribution in [0.15, 0.2) is 48.7 Å². The molecule has 0 amide bonds. The second-order valence-electron chi connectivity index (χ2n) is 5.88. The first-order chi connectivity index (χ1) is 11.6. The van der Waals surface area contributed by atoms with Crippen LogP contribution in [0.5, 0.6) is 0 Å². The minimum Gasteiger partial charge on any atom is -0.365 e. The zero-order valence-electron chi connectivity index (χ0n) is 14.2. The van der Waals surface area contributed by atoms with E-state index in [0.29, 0.717) is 18.3 Å². The van der Waals surface area contributed by atoms with E-state index in [1.165, 1.54) is 22.3 Å². The molecule has 1 aromatic heterocycles. The molecule has 0 spiro atoms. The van der Waals surface area contributed by atoms with Crippen LogP contribution in [0.4, 0.5) is 17.5 Å². The summed E-state index contributed by atoms with van der Waals surface area (Å²) in [5.74, 6) is 1.18. The lowest BCUT2D eigenvalue weighted by Crippen LogP contribution is -2.06. The van der Waals surface area contributed by atoms with Crippen LogP contribution >= 0.6 is 0 Å². The van der Waals surface area contributed by atoms with Gasteiger partial charge in [0.1, 0.15) is 0 Å². The summed E-state index contributed by atoms with van der Waals surface area (Å²) in [5.41, 5.74) is 5.85. The first-order valence-electron chi connectivity index (χ1n) is 7.94. The first-order valence-corrected chi connectivity index (χ1v) is 7.94. The van der Waals surface area contributed by atoms with Crippen molar-refractivity contribution >= 4 is 17.5 Å². The molecule has 3 aromatic rings. The number of aryl methyl sites for hydroxylation is 2. The summed E-state index contributed by atoms with van der Waals surface area (Å²) < 4.78 is 0. The lowest BCUT2D eigenvalue weighted by Gasteiger charge is -2.11. The van der Waals surface area contributed by atoms with Crippen LogP contribution in [0, 0.1) is 20.8 Å². The molecule has 5 nitrogen and oxygen atoms in total. The van der Waals surface area contributed by atoms with Crippen molar-refractivity contribution in [2.45, 2.75) is 27.3 Å². The highest BCUT2D eigenvalue weighted by Gasteiger charge is 2.05. The number of benzene rings is 2. The third-order valence-electron chi connectivity index (χ3n) is 3.97. The van der Waals surface area contributed by atoms with Gasteiger partial charge in [0.2, 0.25) is 5.95 Å². The molecule has 24 heavy (non-hydrogen) atoms. The van der Waals surface area contributed by atoms with Crippen molar-refractivity contribution in [2.75, 3.05) is 10.6 Å². The van der Waals surface area contributed by atoms with Crippen LogP contribution in [-0.2, 0) is 6.54 Å². The van der Waals surface area contributed by atoms with Gasteiger partial charge < -0.3 is 10.6 Å². The molecule has 0 bridgehead atoms. The fourth-order valence-corrected chi connectivity index (χ4v) is 2.46. The topological polar surface area (TPSA) is 62.7 Å². The molecule has 2 N–H and O–H groups in total. The largest absolute Gasteiger partial charge is 0.365 e. The Morgan fingerprint density at radius 3 is 2.67 bits per heavy atom. The van der Waals surface area contributed by atoms with Crippen LogP contribution in [0.2, 0.25) is 0 Å². The SMILES string of the molecule is Cc1cccc(CNc2cnnc(Nc3cccc(C)c3C)n2)c1. The predicted octanol–water partition coefficient (Wildman–Crippen LogP) is 4.15. The number of aromatic nitrogens is 3. The van der Waals surface area contributed by atoms with E-state index in [9.17, 15) is 0 Å². The highest BCUT2D eigenvalue weighted by molar-refractivity contribution is 5.60. The highest BCUT2D eigenvalue weighted by Crippen LogP contribution is 2.21. The molecule has 0 aliphatic carbocycles. The van der Waals surface area contributed by atoms with Crippen molar-refractivity contribution in [2.24, 2.45) is 0 Å². The van der Waals surface area contributed by atoms with Crippen molar-refractivity contribution < 1.29 is 0 Å². The quantitative estimate of drug-likeness (QED) is 0.739. The number of hydrogen-bond donors (Lipinski definition) is 2. The van der Waals surface area contributed by atoms with Crippen molar-refractivity contribution in [3.63, 3.8) is 0 Å². The van der Waals surface area contributed by atoms with Gasteiger partial charge in [-0.15, -0.1) is 5.10 Å². The smallest absolute Gasteiger partial charge is 0.249 e. The van der Waals surface area contributed by atoms with Gasteiger partial charge in [0.05, 0.1) is 6.20 Å². The normalized spacial score (nSPS) is 10.5. The monoisotopic (exact) mass is 319 g/mol. The van der Waals surface area contributed by atoms with Gasteiger partial charge >= 0.3 is 0 Å². The van der Waals surface area contributed by atoms with Gasteiger partial charge in [-0.2, -0.15) is 10.1 Å². The molecule has 0 saturated carbocycles. The van der Waals surface area contributed by atoms with Crippen LogP contribution in [0.1, 0.15) is 22.3 Å². The van der Waals surface area contributed by atoms with Gasteiger partial charge in [0, 0.05) is 12.2 Å². The minimum absolute atomic E-state index is 0.484. The van der Waals surface area contributed by atoms with Crippen molar-refractivity contribution in [3.05, 3.63) is 70.9 Å². The summed E-state index contributed by atoms with van der Waals surface area (Å²) in [4.78, 5) is 4.48. The average molecular weight is 319 g/mol. The van der Waals surface area contributed by atoms with Crippen LogP contribution in [-0.4, -0.2) is 15.2 Å². The van der Waals surface area contributed by atoms with Crippen molar-refractivity contribution in [1.82, 2.24) is 15.2 Å². The number of hydrogen-bond acceptors (Lipinski definition) is 5. The lowest BCUT2D eigenvalue weighted by molar-refractivity contribution is 0.965. The Kier molecular flexibility index (Phi) is 4.70. The Labute approximate surface area is 142 Å². The molecular weight excluding hydrogens is 298 g/mol. The Morgan fingerprint density at radius 1 is 1.00 bits per heavy atom. The van der Waals surface area contributed by atoms with Gasteiger partial charge in [0.15, 0.2) is 5.82 Å². The van der Waals surface area contributed by atoms with E-state index in [0.717, 1.165) is 5.69 Å². The molecule has 122 valence electrons. The number of nitrogens with zero attached hydrogens (tertiary/aromatic N) is 3. The lowest BCUT2D eigenvalue weighted by atomic mass is 10.1. The second-order valence-corrected chi connectivity index (χ2v) is 5.88. The summed E-state index contributed by atoms with van der Waals surface area (Å²) in [6, 6.07) is 14.5. The third kappa shape index (κ3) is 3.87. The Morgan fingerprint density at radius 2 is 1.83 bits per heavy atom. The zero-order chi connectivity index (χ0) is 16.9. The van der Waals surface area contributed by atoms with Gasteiger partial charge in [-0.05, 0) is 43.5 Å². The first kappa shape index (κ1) is 15.9. The third-order valence-corrected chi connectivity index (χ3v) is 3.97. The maximum absolute atomic E-state index is 4.48. The molecule has 3 rings (SSSR count). The Bertz CT molecular complexity index is 845. The summed E-state index contributed by atoms with van der Waals surface area (Å²) in [6.07, 6.45) is 1.63. The Hall–Kier alpha value is -2.95. The fourth-order valence-electron chi connectivity index (χ4n) is 2.46. The van der Waals surface area contributed by atoms with Crippen molar-refractivity contribution in [1.29, 1.82) is 0 Å². The van der Waals surface area contributed by atoms with E-state index in [1.54, 1.807) is 6.20 Å². The molecular formula is C19H21N5. The van der Waals surface area contributed by atoms with Crippen LogP contribution in [0.25, 0.3) is 0 Å². The molecule has 0 fully saturated rings. The summed E-state index contributed by atoms with van der Waals surface area (Å²) >= 11 is 0. The maximum Gasteiger partial charge on any atom is 0.249 e. The van der Waals surface area contributed by atoms with Gasteiger partial charge in [-0.1, -0.05) is 42.0 Å². The molecule has 0 saturated heterocycles. The number of rotatable bonds is 5. The van der Waals surface area contributed by atoms with E-state index >= 15 is 0 Å². The molecule has 0 radical (unpaired) electrons. The standard InChI is InChI=1S/C19H21N5/c1-13-6-4-8-16(10-13)11-20-18-12-21-24-19(23-18)22-17-9-5-7-14(2)15(17)3/h4-10,12H,11H2,1-3H3,(H2,20,22,23,24). The summed E-state index contributed by atoms with van der Waals surface area (Å²) in [5, 5.41) is 14.6. The predicted molar refractivity (Wildman–Crippen MR) is 97.5 cm³/mol. The van der Waals surface area contributed by atoms with Crippen LogP contribution in [0.3, 0.4) is 0 Å². The summed E-state index contributed by atoms with van der Waals surface area (Å²) in [6.45, 7) is 6.94. The average Bonchev–Trinajstić information content (AvgIpc) is 2.58. The maximum atomic E-state index is 4.48. The molecule has 0 aliphatic rings. The Balaban J connectivity index is 1.71. The number of nitrogens with one attached hydrogen (secondary N) is 2. The molecule has 2 aromatic carbocycles. The van der Waals surface area contributed by atoms with E-state index < -0.39 is 0 Å². The molecule has 1 heterocycles. The fraction of sp³-hybridized carbons (Fsp3) is 0.211.